The van der Waals surface area contributed by atoms with E-state index in [1.54, 1.807) is 0 Å². The van der Waals surface area contributed by atoms with Gasteiger partial charge in [0.05, 0.1) is 27.7 Å². The van der Waals surface area contributed by atoms with Crippen molar-refractivity contribution in [3.8, 4) is 0 Å². The summed E-state index contributed by atoms with van der Waals surface area (Å²) in [5.41, 5.74) is 0. The highest BCUT2D eigenvalue weighted by Crippen LogP contribution is 2.43. The monoisotopic (exact) mass is 759 g/mol. The second-order valence-corrected chi connectivity index (χ2v) is 16.8. The minimum atomic E-state index is -4.37. The molecule has 0 aromatic rings. The summed E-state index contributed by atoms with van der Waals surface area (Å²) in [5, 5.41) is 0. The fourth-order valence-electron chi connectivity index (χ4n) is 5.60. The first-order chi connectivity index (χ1) is 25.0. The minimum absolute atomic E-state index is 0.0307. The van der Waals surface area contributed by atoms with E-state index in [1.807, 2.05) is 21.1 Å². The van der Waals surface area contributed by atoms with Crippen LogP contribution in [0.15, 0.2) is 24.3 Å². The van der Waals surface area contributed by atoms with Gasteiger partial charge in [-0.05, 0) is 44.9 Å². The zero-order valence-corrected chi connectivity index (χ0v) is 35.2. The van der Waals surface area contributed by atoms with Gasteiger partial charge in [-0.1, -0.05) is 147 Å². The van der Waals surface area contributed by atoms with Crippen molar-refractivity contribution in [2.75, 3.05) is 47.5 Å². The second-order valence-electron chi connectivity index (χ2n) is 15.4. The van der Waals surface area contributed by atoms with E-state index in [9.17, 15) is 19.0 Å². The van der Waals surface area contributed by atoms with Gasteiger partial charge in [-0.2, -0.15) is 0 Å². The van der Waals surface area contributed by atoms with Crippen molar-refractivity contribution in [2.24, 2.45) is 0 Å². The topological polar surface area (TPSA) is 108 Å². The summed E-state index contributed by atoms with van der Waals surface area (Å²) >= 11 is 0. The van der Waals surface area contributed by atoms with Gasteiger partial charge in [0.2, 0.25) is 0 Å². The normalized spacial score (nSPS) is 13.9. The summed E-state index contributed by atoms with van der Waals surface area (Å²) in [7, 11) is 1.47. The van der Waals surface area contributed by atoms with Crippen LogP contribution in [0.3, 0.4) is 0 Å². The summed E-state index contributed by atoms with van der Waals surface area (Å²) in [5.74, 6) is -0.809. The maximum Gasteiger partial charge on any atom is 0.472 e. The Morgan fingerprint density at radius 3 is 1.54 bits per heavy atom. The lowest BCUT2D eigenvalue weighted by Crippen LogP contribution is -2.37. The van der Waals surface area contributed by atoms with Crippen LogP contribution < -0.4 is 0 Å². The number of phosphoric ester groups is 1. The minimum Gasteiger partial charge on any atom is -0.462 e. The van der Waals surface area contributed by atoms with Crippen molar-refractivity contribution in [1.82, 2.24) is 0 Å². The van der Waals surface area contributed by atoms with Crippen molar-refractivity contribution in [2.45, 2.75) is 187 Å². The van der Waals surface area contributed by atoms with Gasteiger partial charge in [-0.25, -0.2) is 4.57 Å². The molecule has 52 heavy (non-hydrogen) atoms. The number of hydrogen-bond donors (Lipinski definition) is 1. The van der Waals surface area contributed by atoms with Gasteiger partial charge in [0.1, 0.15) is 19.8 Å². The Bertz CT molecular complexity index is 949. The molecule has 1 unspecified atom stereocenters. The molecule has 2 atom stereocenters. The molecule has 0 radical (unpaired) electrons. The number of esters is 2. The highest BCUT2D eigenvalue weighted by atomic mass is 31.2. The molecular formula is C42H81NO8P+. The number of hydrogen-bond acceptors (Lipinski definition) is 7. The first kappa shape index (κ1) is 50.5. The van der Waals surface area contributed by atoms with Crippen molar-refractivity contribution >= 4 is 19.8 Å². The number of phosphoric acid groups is 1. The summed E-state index contributed by atoms with van der Waals surface area (Å²) < 4.78 is 34.2. The highest BCUT2D eigenvalue weighted by Gasteiger charge is 2.27. The van der Waals surface area contributed by atoms with E-state index >= 15 is 0 Å². The molecule has 0 aromatic heterocycles. The predicted molar refractivity (Wildman–Crippen MR) is 215 cm³/mol. The Morgan fingerprint density at radius 1 is 0.577 bits per heavy atom. The van der Waals surface area contributed by atoms with Crippen LogP contribution in [0.2, 0.25) is 0 Å². The molecule has 0 rings (SSSR count). The predicted octanol–water partition coefficient (Wildman–Crippen LogP) is 11.6. The molecule has 0 saturated carbocycles. The summed E-state index contributed by atoms with van der Waals surface area (Å²) in [6.45, 7) is 4.37. The van der Waals surface area contributed by atoms with Gasteiger partial charge in [-0.15, -0.1) is 0 Å². The molecule has 0 bridgehead atoms. The molecule has 1 N–H and O–H groups in total. The molecule has 0 fully saturated rings. The van der Waals surface area contributed by atoms with Gasteiger partial charge < -0.3 is 18.9 Å². The SMILES string of the molecule is CCCC/C=C/CC/C=C/CCCCCCCC(=O)O[C@H](COC(=O)CCCCCCCCCCCCCCC)COP(=O)(O)OCC[N+](C)(C)C. The third kappa shape index (κ3) is 38.2. The van der Waals surface area contributed by atoms with Crippen molar-refractivity contribution in [3.63, 3.8) is 0 Å². The first-order valence-corrected chi connectivity index (χ1v) is 22.6. The number of likely N-dealkylation sites (N-methyl/N-ethyl adjacent to an activating group) is 1. The van der Waals surface area contributed by atoms with Crippen molar-refractivity contribution in [3.05, 3.63) is 24.3 Å². The van der Waals surface area contributed by atoms with E-state index in [0.717, 1.165) is 64.2 Å². The number of rotatable bonds is 38. The van der Waals surface area contributed by atoms with Gasteiger partial charge in [0, 0.05) is 12.8 Å². The van der Waals surface area contributed by atoms with Crippen molar-refractivity contribution < 1.29 is 42.1 Å². The number of carbonyl (C=O) groups is 2. The fourth-order valence-corrected chi connectivity index (χ4v) is 6.34. The van der Waals surface area contributed by atoms with Crippen LogP contribution >= 0.6 is 7.82 Å². The van der Waals surface area contributed by atoms with Gasteiger partial charge in [0.15, 0.2) is 6.10 Å². The van der Waals surface area contributed by atoms with Crippen LogP contribution in [0, 0.1) is 0 Å². The van der Waals surface area contributed by atoms with E-state index in [4.69, 9.17) is 18.5 Å². The maximum absolute atomic E-state index is 12.7. The van der Waals surface area contributed by atoms with Crippen LogP contribution in [0.5, 0.6) is 0 Å². The molecule has 306 valence electrons. The Morgan fingerprint density at radius 2 is 1.02 bits per heavy atom. The maximum atomic E-state index is 12.7. The second kappa shape index (κ2) is 35.2. The largest absolute Gasteiger partial charge is 0.472 e. The van der Waals surface area contributed by atoms with Gasteiger partial charge in [0.25, 0.3) is 0 Å². The van der Waals surface area contributed by atoms with Crippen LogP contribution in [0.25, 0.3) is 0 Å². The third-order valence-corrected chi connectivity index (χ3v) is 9.95. The number of ether oxygens (including phenoxy) is 2. The highest BCUT2D eigenvalue weighted by molar-refractivity contribution is 7.47. The Balaban J connectivity index is 4.40. The van der Waals surface area contributed by atoms with Gasteiger partial charge in [-0.3, -0.25) is 18.6 Å². The van der Waals surface area contributed by atoms with Crippen LogP contribution in [0.1, 0.15) is 181 Å². The lowest BCUT2D eigenvalue weighted by Gasteiger charge is -2.24. The van der Waals surface area contributed by atoms with E-state index in [2.05, 4.69) is 38.2 Å². The summed E-state index contributed by atoms with van der Waals surface area (Å²) in [6.07, 6.45) is 36.4. The quantitative estimate of drug-likeness (QED) is 0.0218. The van der Waals surface area contributed by atoms with E-state index in [1.165, 1.54) is 83.5 Å². The smallest absolute Gasteiger partial charge is 0.462 e. The number of nitrogens with zero attached hydrogens (tertiary/aromatic N) is 1. The molecule has 0 spiro atoms. The number of quaternary nitrogens is 1. The number of allylic oxidation sites excluding steroid dienone is 4. The third-order valence-electron chi connectivity index (χ3n) is 8.96. The fraction of sp³-hybridized carbons (Fsp3) is 0.857. The lowest BCUT2D eigenvalue weighted by atomic mass is 10.0. The average molecular weight is 759 g/mol. The first-order valence-electron chi connectivity index (χ1n) is 21.1. The molecule has 0 aliphatic heterocycles. The Kier molecular flexibility index (Phi) is 34.2. The number of carbonyl (C=O) groups excluding carboxylic acids is 2. The number of unbranched alkanes of at least 4 members (excludes halogenated alkanes) is 20. The zero-order valence-electron chi connectivity index (χ0n) is 34.3. The Labute approximate surface area is 319 Å². The average Bonchev–Trinajstić information content (AvgIpc) is 3.09. The van der Waals surface area contributed by atoms with E-state index in [-0.39, 0.29) is 32.0 Å². The lowest BCUT2D eigenvalue weighted by molar-refractivity contribution is -0.870. The van der Waals surface area contributed by atoms with E-state index < -0.39 is 26.5 Å². The molecule has 0 aliphatic rings. The molecule has 0 aliphatic carbocycles. The summed E-state index contributed by atoms with van der Waals surface area (Å²) in [4.78, 5) is 35.3. The van der Waals surface area contributed by atoms with E-state index in [0.29, 0.717) is 17.4 Å². The molecule has 0 saturated heterocycles. The Hall–Kier alpha value is -1.51. The van der Waals surface area contributed by atoms with Gasteiger partial charge >= 0.3 is 19.8 Å². The van der Waals surface area contributed by atoms with Crippen LogP contribution in [-0.4, -0.2) is 74.9 Å². The standard InChI is InChI=1S/C42H80NO8P/c1-6-8-10-12-14-16-18-20-21-23-25-27-29-31-33-35-42(45)51-40(39-50-52(46,47)49-37-36-43(3,4)5)38-48-41(44)34-32-30-28-26-24-22-19-17-15-13-11-9-7-2/h12,14,20-21,40H,6-11,13,15-19,22-39H2,1-5H3/p+1/b14-12+,21-20+/t40-/m1/s1. The molecule has 0 amide bonds. The zero-order chi connectivity index (χ0) is 38.6. The molecule has 0 heterocycles. The molecule has 0 aromatic carbocycles. The van der Waals surface area contributed by atoms with Crippen molar-refractivity contribution in [1.29, 1.82) is 0 Å². The molecular weight excluding hydrogens is 677 g/mol. The summed E-state index contributed by atoms with van der Waals surface area (Å²) in [6, 6.07) is 0. The molecule has 9 nitrogen and oxygen atoms in total. The van der Waals surface area contributed by atoms with Crippen LogP contribution in [0.4, 0.5) is 0 Å². The van der Waals surface area contributed by atoms with Crippen LogP contribution in [-0.2, 0) is 32.7 Å². The molecule has 10 heteroatoms.